The minimum atomic E-state index is -0.974. The van der Waals surface area contributed by atoms with Crippen molar-refractivity contribution >= 4 is 29.4 Å². The van der Waals surface area contributed by atoms with E-state index < -0.39 is 18.6 Å². The van der Waals surface area contributed by atoms with Crippen molar-refractivity contribution in [2.24, 2.45) is 5.92 Å². The van der Waals surface area contributed by atoms with E-state index in [9.17, 15) is 24.0 Å². The van der Waals surface area contributed by atoms with Crippen molar-refractivity contribution in [1.82, 2.24) is 16.0 Å². The number of carboxylic acid groups (broad SMARTS) is 1. The minimum absolute atomic E-state index is 0.00704. The van der Waals surface area contributed by atoms with Crippen LogP contribution in [-0.2, 0) is 42.9 Å². The maximum atomic E-state index is 11.8. The molecule has 0 saturated carbocycles. The number of carboxylic acids is 1. The molecule has 0 rings (SSSR count). The molecule has 0 aliphatic carbocycles. The monoisotopic (exact) mass is 605 g/mol. The van der Waals surface area contributed by atoms with E-state index in [1.54, 1.807) is 7.05 Å². The summed E-state index contributed by atoms with van der Waals surface area (Å²) in [7, 11) is 1.55. The Labute approximate surface area is 248 Å². The second kappa shape index (κ2) is 27.3. The molecule has 2 amide bonds. The van der Waals surface area contributed by atoms with Crippen molar-refractivity contribution in [1.29, 1.82) is 0 Å². The Morgan fingerprint density at radius 2 is 1.31 bits per heavy atom. The zero-order valence-corrected chi connectivity index (χ0v) is 25.2. The number of aliphatic hydroxyl groups is 1. The molecular formula is C28H51N3O11. The van der Waals surface area contributed by atoms with E-state index in [2.05, 4.69) is 16.0 Å². The molecule has 0 aliphatic rings. The molecule has 0 spiro atoms. The molecule has 0 bridgehead atoms. The fourth-order valence-corrected chi connectivity index (χ4v) is 3.79. The number of nitrogens with one attached hydrogen (secondary N) is 3. The predicted molar refractivity (Wildman–Crippen MR) is 153 cm³/mol. The van der Waals surface area contributed by atoms with Gasteiger partial charge in [0, 0.05) is 38.5 Å². The molecule has 14 heteroatoms. The van der Waals surface area contributed by atoms with Gasteiger partial charge in [-0.15, -0.1) is 0 Å². The molecule has 0 radical (unpaired) electrons. The van der Waals surface area contributed by atoms with Crippen LogP contribution >= 0.6 is 0 Å². The van der Waals surface area contributed by atoms with Gasteiger partial charge >= 0.3 is 5.97 Å². The highest BCUT2D eigenvalue weighted by Gasteiger charge is 2.16. The summed E-state index contributed by atoms with van der Waals surface area (Å²) in [6, 6.07) is -0.723. The van der Waals surface area contributed by atoms with Crippen molar-refractivity contribution in [3.8, 4) is 0 Å². The number of unbranched alkanes of at least 4 members (excludes halogenated alkanes) is 1. The Morgan fingerprint density at radius 1 is 0.714 bits per heavy atom. The van der Waals surface area contributed by atoms with Gasteiger partial charge in [-0.3, -0.25) is 24.0 Å². The molecule has 0 aliphatic heterocycles. The first-order valence-corrected chi connectivity index (χ1v) is 14.6. The Balaban J connectivity index is 3.49. The minimum Gasteiger partial charge on any atom is -0.480 e. The lowest BCUT2D eigenvalue weighted by atomic mass is 9.95. The second-order valence-corrected chi connectivity index (χ2v) is 9.62. The van der Waals surface area contributed by atoms with Gasteiger partial charge in [-0.2, -0.15) is 0 Å². The van der Waals surface area contributed by atoms with Gasteiger partial charge in [0.25, 0.3) is 0 Å². The molecule has 0 aromatic rings. The number of carbonyl (C=O) groups excluding carboxylic acids is 4. The summed E-state index contributed by atoms with van der Waals surface area (Å²) in [6.45, 7) is 3.79. The van der Waals surface area contributed by atoms with Crippen molar-refractivity contribution in [3.05, 3.63) is 0 Å². The number of aliphatic carboxylic acids is 1. The maximum absolute atomic E-state index is 11.8. The molecule has 5 N–H and O–H groups in total. The summed E-state index contributed by atoms with van der Waals surface area (Å²) >= 11 is 0. The topological polar surface area (TPSA) is 199 Å². The van der Waals surface area contributed by atoms with Gasteiger partial charge in [-0.05, 0) is 39.2 Å². The molecule has 2 atom stereocenters. The smallest absolute Gasteiger partial charge is 0.320 e. The van der Waals surface area contributed by atoms with Crippen molar-refractivity contribution in [3.63, 3.8) is 0 Å². The van der Waals surface area contributed by atoms with E-state index in [1.165, 1.54) is 0 Å². The number of hydrogen-bond donors (Lipinski definition) is 5. The number of amides is 2. The average Bonchev–Trinajstić information content (AvgIpc) is 2.97. The molecule has 0 fully saturated rings. The number of ether oxygens (including phenoxy) is 4. The predicted octanol–water partition coefficient (Wildman–Crippen LogP) is -0.155. The first-order valence-electron chi connectivity index (χ1n) is 14.6. The van der Waals surface area contributed by atoms with Crippen LogP contribution in [0.1, 0.15) is 58.3 Å². The summed E-state index contributed by atoms with van der Waals surface area (Å²) < 4.78 is 21.2. The highest BCUT2D eigenvalue weighted by atomic mass is 16.5. The SMILES string of the molecule is CC[C@@H](CCCCNC(=O)COCCOCCNC(=O)COCCOCCCC(=O)CC[C@H](NC)C(=O)O)C(=O)CO. The summed E-state index contributed by atoms with van der Waals surface area (Å²) in [4.78, 5) is 57.7. The molecular weight excluding hydrogens is 554 g/mol. The molecule has 0 aromatic heterocycles. The summed E-state index contributed by atoms with van der Waals surface area (Å²) in [5.74, 6) is -1.76. The van der Waals surface area contributed by atoms with E-state index >= 15 is 0 Å². The molecule has 244 valence electrons. The van der Waals surface area contributed by atoms with Crippen LogP contribution in [0.3, 0.4) is 0 Å². The molecule has 0 aromatic carbocycles. The molecule has 14 nitrogen and oxygen atoms in total. The Morgan fingerprint density at radius 3 is 1.88 bits per heavy atom. The number of ketones is 2. The average molecular weight is 606 g/mol. The van der Waals surface area contributed by atoms with Crippen molar-refractivity contribution in [2.75, 3.05) is 79.6 Å². The van der Waals surface area contributed by atoms with Crippen LogP contribution in [0, 0.1) is 5.92 Å². The van der Waals surface area contributed by atoms with Crippen molar-refractivity contribution < 1.29 is 53.1 Å². The van der Waals surface area contributed by atoms with Crippen molar-refractivity contribution in [2.45, 2.75) is 64.3 Å². The third kappa shape index (κ3) is 23.1. The molecule has 42 heavy (non-hydrogen) atoms. The standard InChI is InChI=1S/C28H51N3O11/c1-3-22(25(34)19-32)7-4-5-11-30-26(35)20-42-18-16-40-14-12-31-27(36)21-41-17-15-39-13-6-8-23(33)9-10-24(29-2)28(37)38/h22,24,29,32H,3-21H2,1-2H3,(H,30,35)(H,31,36)(H,37,38)/t22-,24-/m0/s1. The normalized spacial score (nSPS) is 12.5. The number of aliphatic hydroxyl groups excluding tert-OH is 1. The molecule has 0 heterocycles. The maximum Gasteiger partial charge on any atom is 0.320 e. The van der Waals surface area contributed by atoms with Gasteiger partial charge in [0.15, 0.2) is 5.78 Å². The van der Waals surface area contributed by atoms with Gasteiger partial charge < -0.3 is 45.1 Å². The Kier molecular flexibility index (Phi) is 25.7. The molecule has 0 unspecified atom stereocenters. The van der Waals surface area contributed by atoms with Gasteiger partial charge in [-0.25, -0.2) is 0 Å². The lowest BCUT2D eigenvalue weighted by Gasteiger charge is -2.12. The van der Waals surface area contributed by atoms with Gasteiger partial charge in [0.05, 0.1) is 33.0 Å². The summed E-state index contributed by atoms with van der Waals surface area (Å²) in [5.41, 5.74) is 0. The lowest BCUT2D eigenvalue weighted by Crippen LogP contribution is -2.34. The zero-order chi connectivity index (χ0) is 31.4. The first kappa shape index (κ1) is 39.5. The van der Waals surface area contributed by atoms with E-state index in [4.69, 9.17) is 29.2 Å². The van der Waals surface area contributed by atoms with Crippen LogP contribution < -0.4 is 16.0 Å². The number of likely N-dealkylation sites (N-methyl/N-ethyl adjacent to an activating group) is 1. The van der Waals surface area contributed by atoms with Gasteiger partial charge in [0.2, 0.25) is 11.8 Å². The van der Waals surface area contributed by atoms with Crippen LogP contribution in [0.2, 0.25) is 0 Å². The highest BCUT2D eigenvalue weighted by molar-refractivity contribution is 5.82. The first-order chi connectivity index (χ1) is 20.2. The second-order valence-electron chi connectivity index (χ2n) is 9.62. The van der Waals surface area contributed by atoms with Crippen LogP contribution in [0.5, 0.6) is 0 Å². The van der Waals surface area contributed by atoms with E-state index in [0.717, 1.165) is 12.8 Å². The lowest BCUT2D eigenvalue weighted by molar-refractivity contribution is -0.139. The highest BCUT2D eigenvalue weighted by Crippen LogP contribution is 2.13. The number of carbonyl (C=O) groups is 5. The van der Waals surface area contributed by atoms with Crippen LogP contribution in [0.15, 0.2) is 0 Å². The Bertz CT molecular complexity index is 767. The van der Waals surface area contributed by atoms with Crippen LogP contribution in [-0.4, -0.2) is 125 Å². The van der Waals surface area contributed by atoms with Gasteiger partial charge in [-0.1, -0.05) is 13.3 Å². The Hall–Kier alpha value is -2.49. The third-order valence-electron chi connectivity index (χ3n) is 6.29. The number of rotatable bonds is 30. The fourth-order valence-electron chi connectivity index (χ4n) is 3.79. The fraction of sp³-hybridized carbons (Fsp3) is 0.821. The van der Waals surface area contributed by atoms with E-state index in [0.29, 0.717) is 45.4 Å². The van der Waals surface area contributed by atoms with E-state index in [1.807, 2.05) is 6.92 Å². The third-order valence-corrected chi connectivity index (χ3v) is 6.29. The van der Waals surface area contributed by atoms with Crippen LogP contribution in [0.4, 0.5) is 0 Å². The number of Topliss-reactive ketones (excluding diaryl/α,β-unsaturated/α-hetero) is 2. The quantitative estimate of drug-likeness (QED) is 0.0679. The van der Waals surface area contributed by atoms with Gasteiger partial charge in [0.1, 0.15) is 31.6 Å². The number of hydrogen-bond acceptors (Lipinski definition) is 11. The molecule has 0 saturated heterocycles. The van der Waals surface area contributed by atoms with E-state index in [-0.39, 0.29) is 88.4 Å². The van der Waals surface area contributed by atoms with Crippen LogP contribution in [0.25, 0.3) is 0 Å². The zero-order valence-electron chi connectivity index (χ0n) is 25.2. The largest absolute Gasteiger partial charge is 0.480 e. The summed E-state index contributed by atoms with van der Waals surface area (Å²) in [5, 5.41) is 25.9. The summed E-state index contributed by atoms with van der Waals surface area (Å²) in [6.07, 6.45) is 4.25.